The van der Waals surface area contributed by atoms with Crippen molar-refractivity contribution in [3.05, 3.63) is 55.4 Å². The highest BCUT2D eigenvalue weighted by Gasteiger charge is 2.32. The van der Waals surface area contributed by atoms with Crippen LogP contribution in [0.2, 0.25) is 15.1 Å². The highest BCUT2D eigenvalue weighted by Crippen LogP contribution is 2.38. The van der Waals surface area contributed by atoms with E-state index in [1.807, 2.05) is 0 Å². The lowest BCUT2D eigenvalue weighted by atomic mass is 10.1. The number of pyridine rings is 1. The van der Waals surface area contributed by atoms with E-state index >= 15 is 0 Å². The van der Waals surface area contributed by atoms with Gasteiger partial charge in [0, 0.05) is 16.7 Å². The Morgan fingerprint density at radius 3 is 2.00 bits per heavy atom. The smallest absolute Gasteiger partial charge is 0.318 e. The van der Waals surface area contributed by atoms with Crippen LogP contribution in [0.1, 0.15) is 5.69 Å². The average molecular weight is 343 g/mol. The van der Waals surface area contributed by atoms with Gasteiger partial charge < -0.3 is 4.98 Å². The number of hydrogen-bond acceptors (Lipinski definition) is 1. The third-order valence-corrected chi connectivity index (χ3v) is 3.26. The molecule has 0 aliphatic carbocycles. The number of benzene rings is 1. The maximum Gasteiger partial charge on any atom is 0.431 e. The van der Waals surface area contributed by atoms with E-state index in [4.69, 9.17) is 34.8 Å². The van der Waals surface area contributed by atoms with Gasteiger partial charge in [0.05, 0.1) is 10.0 Å². The number of aromatic nitrogens is 1. The van der Waals surface area contributed by atoms with Crippen LogP contribution in [0.25, 0.3) is 11.1 Å². The molecular weight excluding hydrogens is 337 g/mol. The van der Waals surface area contributed by atoms with Crippen molar-refractivity contribution in [1.29, 1.82) is 0 Å². The van der Waals surface area contributed by atoms with Crippen molar-refractivity contribution in [3.8, 4) is 11.1 Å². The number of halogens is 6. The molecule has 0 fully saturated rings. The second kappa shape index (κ2) is 5.31. The lowest BCUT2D eigenvalue weighted by Gasteiger charge is -2.11. The average Bonchev–Trinajstić information content (AvgIpc) is 2.25. The molecule has 2 rings (SSSR count). The first-order valence-electron chi connectivity index (χ1n) is 5.15. The predicted molar refractivity (Wildman–Crippen MR) is 72.5 cm³/mol. The van der Waals surface area contributed by atoms with Crippen LogP contribution in [0.5, 0.6) is 0 Å². The zero-order valence-electron chi connectivity index (χ0n) is 9.49. The van der Waals surface area contributed by atoms with E-state index in [2.05, 4.69) is 0 Å². The van der Waals surface area contributed by atoms with E-state index in [1.165, 1.54) is 12.1 Å². The van der Waals surface area contributed by atoms with Crippen LogP contribution in [0.4, 0.5) is 13.2 Å². The summed E-state index contributed by atoms with van der Waals surface area (Å²) in [6.07, 6.45) is -4.68. The number of alkyl halides is 3. The molecule has 0 spiro atoms. The van der Waals surface area contributed by atoms with Crippen LogP contribution in [0.15, 0.2) is 29.1 Å². The van der Waals surface area contributed by atoms with Gasteiger partial charge in [-0.15, -0.1) is 0 Å². The van der Waals surface area contributed by atoms with Crippen LogP contribution >= 0.6 is 34.8 Å². The molecule has 2 nitrogen and oxygen atoms in total. The zero-order chi connectivity index (χ0) is 15.1. The second-order valence-corrected chi connectivity index (χ2v) is 5.14. The highest BCUT2D eigenvalue weighted by atomic mass is 35.5. The number of aromatic amines is 1. The number of H-pyrrole nitrogens is 1. The maximum absolute atomic E-state index is 12.7. The molecule has 20 heavy (non-hydrogen) atoms. The predicted octanol–water partition coefficient (Wildman–Crippen LogP) is 5.02. The Hall–Kier alpha value is -1.17. The van der Waals surface area contributed by atoms with Crippen molar-refractivity contribution in [2.75, 3.05) is 0 Å². The molecule has 0 saturated heterocycles. The number of hydrogen-bond donors (Lipinski definition) is 1. The normalized spacial score (nSPS) is 11.7. The van der Waals surface area contributed by atoms with Crippen LogP contribution in [0.3, 0.4) is 0 Å². The Bertz CT molecular complexity index is 702. The molecule has 0 radical (unpaired) electrons. The molecule has 0 aliphatic rings. The van der Waals surface area contributed by atoms with E-state index in [0.717, 1.165) is 12.1 Å². The highest BCUT2D eigenvalue weighted by molar-refractivity contribution is 6.41. The fraction of sp³-hybridized carbons (Fsp3) is 0.0833. The third kappa shape index (κ3) is 3.11. The van der Waals surface area contributed by atoms with Gasteiger partial charge in [-0.05, 0) is 23.8 Å². The first-order chi connectivity index (χ1) is 9.18. The summed E-state index contributed by atoms with van der Waals surface area (Å²) in [6.45, 7) is 0. The van der Waals surface area contributed by atoms with Crippen molar-refractivity contribution in [2.45, 2.75) is 6.18 Å². The topological polar surface area (TPSA) is 32.9 Å². The maximum atomic E-state index is 12.7. The van der Waals surface area contributed by atoms with E-state index in [-0.39, 0.29) is 26.2 Å². The molecule has 2 aromatic rings. The molecule has 0 bridgehead atoms. The molecule has 0 atom stereocenters. The number of rotatable bonds is 1. The molecular formula is C12H5Cl3F3NO. The van der Waals surface area contributed by atoms with Crippen molar-refractivity contribution in [3.63, 3.8) is 0 Å². The number of nitrogens with one attached hydrogen (secondary N) is 1. The zero-order valence-corrected chi connectivity index (χ0v) is 11.8. The second-order valence-electron chi connectivity index (χ2n) is 3.89. The standard InChI is InChI=1S/C12H5Cl3F3NO/c13-6-3-7(14)11(8(15)4-6)5-1-9(12(16,17)18)19-10(20)2-5/h1-4H,(H,19,20). The van der Waals surface area contributed by atoms with Crippen LogP contribution in [0, 0.1) is 0 Å². The molecule has 0 aliphatic heterocycles. The van der Waals surface area contributed by atoms with Gasteiger partial charge in [0.15, 0.2) is 0 Å². The van der Waals surface area contributed by atoms with Crippen LogP contribution < -0.4 is 5.56 Å². The van der Waals surface area contributed by atoms with Gasteiger partial charge in [0.2, 0.25) is 5.56 Å². The van der Waals surface area contributed by atoms with Crippen molar-refractivity contribution in [1.82, 2.24) is 4.98 Å². The lowest BCUT2D eigenvalue weighted by molar-refractivity contribution is -0.141. The van der Waals surface area contributed by atoms with Crippen molar-refractivity contribution >= 4 is 34.8 Å². The molecule has 1 heterocycles. The van der Waals surface area contributed by atoms with Gasteiger partial charge in [0.25, 0.3) is 0 Å². The summed E-state index contributed by atoms with van der Waals surface area (Å²) in [5, 5.41) is 0.354. The van der Waals surface area contributed by atoms with Crippen molar-refractivity contribution < 1.29 is 13.2 Å². The van der Waals surface area contributed by atoms with E-state index < -0.39 is 17.4 Å². The molecule has 0 unspecified atom stereocenters. The largest absolute Gasteiger partial charge is 0.431 e. The Labute approximate surface area is 126 Å². The van der Waals surface area contributed by atoms with E-state index in [9.17, 15) is 18.0 Å². The molecule has 0 amide bonds. The van der Waals surface area contributed by atoms with Gasteiger partial charge in [-0.25, -0.2) is 0 Å². The van der Waals surface area contributed by atoms with Gasteiger partial charge in [-0.1, -0.05) is 34.8 Å². The molecule has 106 valence electrons. The summed E-state index contributed by atoms with van der Waals surface area (Å²) in [4.78, 5) is 13.1. The Morgan fingerprint density at radius 1 is 0.950 bits per heavy atom. The minimum atomic E-state index is -4.68. The van der Waals surface area contributed by atoms with Gasteiger partial charge in [-0.2, -0.15) is 13.2 Å². The molecule has 8 heteroatoms. The van der Waals surface area contributed by atoms with Crippen LogP contribution in [-0.2, 0) is 6.18 Å². The van der Waals surface area contributed by atoms with Crippen LogP contribution in [-0.4, -0.2) is 4.98 Å². The molecule has 1 N–H and O–H groups in total. The van der Waals surface area contributed by atoms with Crippen molar-refractivity contribution in [2.24, 2.45) is 0 Å². The van der Waals surface area contributed by atoms with E-state index in [1.54, 1.807) is 4.98 Å². The summed E-state index contributed by atoms with van der Waals surface area (Å²) in [7, 11) is 0. The van der Waals surface area contributed by atoms with Gasteiger partial charge >= 0.3 is 6.18 Å². The monoisotopic (exact) mass is 341 g/mol. The first kappa shape index (κ1) is 15.2. The summed E-state index contributed by atoms with van der Waals surface area (Å²) in [6, 6.07) is 4.41. The Kier molecular flexibility index (Phi) is 4.04. The summed E-state index contributed by atoms with van der Waals surface area (Å²) < 4.78 is 38.0. The Balaban J connectivity index is 2.71. The SMILES string of the molecule is O=c1cc(-c2c(Cl)cc(Cl)cc2Cl)cc(C(F)(F)F)[nH]1. The summed E-state index contributed by atoms with van der Waals surface area (Å²) in [5.74, 6) is 0. The van der Waals surface area contributed by atoms with Gasteiger partial charge in [0.1, 0.15) is 5.69 Å². The first-order valence-corrected chi connectivity index (χ1v) is 6.28. The fourth-order valence-electron chi connectivity index (χ4n) is 1.66. The fourth-order valence-corrected chi connectivity index (χ4v) is 2.69. The van der Waals surface area contributed by atoms with E-state index in [0.29, 0.717) is 0 Å². The quantitative estimate of drug-likeness (QED) is 0.775. The third-order valence-electron chi connectivity index (χ3n) is 2.45. The molecule has 1 aromatic carbocycles. The summed E-state index contributed by atoms with van der Waals surface area (Å²) in [5.41, 5.74) is -2.00. The molecule has 1 aromatic heterocycles. The minimum absolute atomic E-state index is 0.0345. The van der Waals surface area contributed by atoms with Gasteiger partial charge in [-0.3, -0.25) is 4.79 Å². The Morgan fingerprint density at radius 2 is 1.50 bits per heavy atom. The lowest BCUT2D eigenvalue weighted by Crippen LogP contribution is -2.16. The minimum Gasteiger partial charge on any atom is -0.318 e. The molecule has 0 saturated carbocycles. The summed E-state index contributed by atoms with van der Waals surface area (Å²) >= 11 is 17.6.